The summed E-state index contributed by atoms with van der Waals surface area (Å²) in [5, 5.41) is 10.4. The van der Waals surface area contributed by atoms with Gasteiger partial charge in [0.2, 0.25) is 0 Å². The predicted octanol–water partition coefficient (Wildman–Crippen LogP) is 3.35. The molecule has 0 amide bonds. The number of phenolic OH excluding ortho intramolecular Hbond substituents is 1. The number of benzene rings is 1. The summed E-state index contributed by atoms with van der Waals surface area (Å²) < 4.78 is 0. The second-order valence-electron chi connectivity index (χ2n) is 5.25. The van der Waals surface area contributed by atoms with Gasteiger partial charge in [0.1, 0.15) is 5.75 Å². The van der Waals surface area contributed by atoms with E-state index in [4.69, 9.17) is 17.3 Å². The van der Waals surface area contributed by atoms with Crippen LogP contribution in [0.1, 0.15) is 41.5 Å². The maximum absolute atomic E-state index is 9.96. The fourth-order valence-electron chi connectivity index (χ4n) is 3.05. The molecular formula is C14H20ClNO. The Bertz CT molecular complexity index is 429. The van der Waals surface area contributed by atoms with Crippen molar-refractivity contribution in [1.29, 1.82) is 0 Å². The number of phenols is 1. The maximum atomic E-state index is 9.96. The number of aromatic hydroxyl groups is 1. The van der Waals surface area contributed by atoms with E-state index >= 15 is 0 Å². The molecule has 94 valence electrons. The molecule has 0 bridgehead atoms. The van der Waals surface area contributed by atoms with E-state index in [0.29, 0.717) is 11.6 Å². The summed E-state index contributed by atoms with van der Waals surface area (Å²) in [7, 11) is 0. The van der Waals surface area contributed by atoms with Gasteiger partial charge in [-0.15, -0.1) is 0 Å². The Morgan fingerprint density at radius 2 is 1.76 bits per heavy atom. The zero-order chi connectivity index (χ0) is 12.8. The molecule has 1 fully saturated rings. The van der Waals surface area contributed by atoms with Crippen molar-refractivity contribution in [1.82, 2.24) is 0 Å². The molecule has 0 spiro atoms. The van der Waals surface area contributed by atoms with Gasteiger partial charge in [0.15, 0.2) is 0 Å². The van der Waals surface area contributed by atoms with Crippen LogP contribution in [-0.4, -0.2) is 11.7 Å². The number of halogens is 1. The Labute approximate surface area is 108 Å². The first kappa shape index (κ1) is 12.7. The SMILES string of the molecule is Cc1c(C)c(C2(CN)CCC2)c(C)c(Cl)c1O. The van der Waals surface area contributed by atoms with E-state index in [9.17, 15) is 5.11 Å². The molecule has 0 radical (unpaired) electrons. The van der Waals surface area contributed by atoms with Crippen molar-refractivity contribution in [2.45, 2.75) is 45.4 Å². The third kappa shape index (κ3) is 1.66. The Kier molecular flexibility index (Phi) is 3.13. The quantitative estimate of drug-likeness (QED) is 0.849. The average molecular weight is 254 g/mol. The summed E-state index contributed by atoms with van der Waals surface area (Å²) in [5.41, 5.74) is 10.4. The molecule has 17 heavy (non-hydrogen) atoms. The first-order chi connectivity index (χ1) is 7.94. The molecule has 1 aliphatic rings. The van der Waals surface area contributed by atoms with Gasteiger partial charge in [-0.25, -0.2) is 0 Å². The van der Waals surface area contributed by atoms with Crippen LogP contribution in [0.2, 0.25) is 5.02 Å². The number of rotatable bonds is 2. The van der Waals surface area contributed by atoms with Crippen molar-refractivity contribution in [3.05, 3.63) is 27.3 Å². The summed E-state index contributed by atoms with van der Waals surface area (Å²) in [6, 6.07) is 0. The van der Waals surface area contributed by atoms with Crippen molar-refractivity contribution >= 4 is 11.6 Å². The summed E-state index contributed by atoms with van der Waals surface area (Å²) in [4.78, 5) is 0. The Morgan fingerprint density at radius 3 is 2.18 bits per heavy atom. The Balaban J connectivity index is 2.69. The third-order valence-corrected chi connectivity index (χ3v) is 4.90. The standard InChI is InChI=1S/C14H20ClNO/c1-8-9(2)13(17)12(15)10(3)11(8)14(7-16)5-4-6-14/h17H,4-7,16H2,1-3H3. The topological polar surface area (TPSA) is 46.2 Å². The van der Waals surface area contributed by atoms with Gasteiger partial charge in [0.05, 0.1) is 5.02 Å². The van der Waals surface area contributed by atoms with Crippen LogP contribution in [0, 0.1) is 20.8 Å². The smallest absolute Gasteiger partial charge is 0.137 e. The minimum absolute atomic E-state index is 0.0935. The molecule has 1 saturated carbocycles. The highest BCUT2D eigenvalue weighted by atomic mass is 35.5. The molecule has 3 heteroatoms. The number of hydrogen-bond donors (Lipinski definition) is 2. The van der Waals surface area contributed by atoms with E-state index in [-0.39, 0.29) is 11.2 Å². The largest absolute Gasteiger partial charge is 0.506 e. The molecule has 3 N–H and O–H groups in total. The summed E-state index contributed by atoms with van der Waals surface area (Å²) >= 11 is 6.21. The molecule has 2 nitrogen and oxygen atoms in total. The van der Waals surface area contributed by atoms with Gasteiger partial charge in [-0.2, -0.15) is 0 Å². The van der Waals surface area contributed by atoms with E-state index in [1.807, 2.05) is 13.8 Å². The van der Waals surface area contributed by atoms with Crippen molar-refractivity contribution < 1.29 is 5.11 Å². The van der Waals surface area contributed by atoms with E-state index < -0.39 is 0 Å². The van der Waals surface area contributed by atoms with Crippen LogP contribution >= 0.6 is 11.6 Å². The van der Waals surface area contributed by atoms with Crippen LogP contribution in [0.4, 0.5) is 0 Å². The highest BCUT2D eigenvalue weighted by molar-refractivity contribution is 6.33. The second kappa shape index (κ2) is 4.18. The molecule has 1 aromatic carbocycles. The summed E-state index contributed by atoms with van der Waals surface area (Å²) in [6.45, 7) is 6.63. The normalized spacial score (nSPS) is 17.9. The zero-order valence-corrected chi connectivity index (χ0v) is 11.5. The van der Waals surface area contributed by atoms with Gasteiger partial charge in [-0.05, 0) is 55.9 Å². The summed E-state index contributed by atoms with van der Waals surface area (Å²) in [5.74, 6) is 0.219. The van der Waals surface area contributed by atoms with E-state index in [2.05, 4.69) is 6.92 Å². The van der Waals surface area contributed by atoms with Gasteiger partial charge in [0, 0.05) is 12.0 Å². The van der Waals surface area contributed by atoms with Crippen LogP contribution in [0.15, 0.2) is 0 Å². The lowest BCUT2D eigenvalue weighted by atomic mass is 9.62. The highest BCUT2D eigenvalue weighted by Crippen LogP contribution is 2.49. The van der Waals surface area contributed by atoms with Gasteiger partial charge in [-0.3, -0.25) is 0 Å². The molecule has 2 rings (SSSR count). The lowest BCUT2D eigenvalue weighted by Crippen LogP contribution is -2.42. The van der Waals surface area contributed by atoms with Crippen molar-refractivity contribution in [3.8, 4) is 5.75 Å². The molecule has 1 aromatic rings. The fraction of sp³-hybridized carbons (Fsp3) is 0.571. The van der Waals surface area contributed by atoms with E-state index in [1.165, 1.54) is 12.0 Å². The Morgan fingerprint density at radius 1 is 1.18 bits per heavy atom. The molecule has 0 aliphatic heterocycles. The van der Waals surface area contributed by atoms with Crippen LogP contribution < -0.4 is 5.73 Å². The first-order valence-corrected chi connectivity index (χ1v) is 6.51. The van der Waals surface area contributed by atoms with Gasteiger partial charge in [-0.1, -0.05) is 18.0 Å². The van der Waals surface area contributed by atoms with Gasteiger partial charge < -0.3 is 10.8 Å². The molecule has 0 atom stereocenters. The van der Waals surface area contributed by atoms with Crippen molar-refractivity contribution in [3.63, 3.8) is 0 Å². The lowest BCUT2D eigenvalue weighted by molar-refractivity contribution is 0.250. The van der Waals surface area contributed by atoms with Crippen LogP contribution in [0.5, 0.6) is 5.75 Å². The first-order valence-electron chi connectivity index (χ1n) is 6.13. The predicted molar refractivity (Wildman–Crippen MR) is 71.9 cm³/mol. The molecule has 0 saturated heterocycles. The van der Waals surface area contributed by atoms with Crippen molar-refractivity contribution in [2.75, 3.05) is 6.54 Å². The number of hydrogen-bond acceptors (Lipinski definition) is 2. The maximum Gasteiger partial charge on any atom is 0.137 e. The molecule has 0 unspecified atom stereocenters. The molecule has 0 aromatic heterocycles. The molecule has 1 aliphatic carbocycles. The summed E-state index contributed by atoms with van der Waals surface area (Å²) in [6.07, 6.45) is 3.49. The minimum atomic E-state index is 0.0935. The van der Waals surface area contributed by atoms with E-state index in [0.717, 1.165) is 29.5 Å². The van der Waals surface area contributed by atoms with Crippen LogP contribution in [0.3, 0.4) is 0 Å². The zero-order valence-electron chi connectivity index (χ0n) is 10.7. The van der Waals surface area contributed by atoms with Crippen LogP contribution in [-0.2, 0) is 5.41 Å². The van der Waals surface area contributed by atoms with Crippen LogP contribution in [0.25, 0.3) is 0 Å². The second-order valence-corrected chi connectivity index (χ2v) is 5.63. The highest BCUT2D eigenvalue weighted by Gasteiger charge is 2.40. The molecular weight excluding hydrogens is 234 g/mol. The molecule has 0 heterocycles. The number of nitrogens with two attached hydrogens (primary N) is 1. The third-order valence-electron chi connectivity index (χ3n) is 4.44. The van der Waals surface area contributed by atoms with E-state index in [1.54, 1.807) is 0 Å². The lowest BCUT2D eigenvalue weighted by Gasteiger charge is -2.44. The fourth-order valence-corrected chi connectivity index (χ4v) is 3.29. The minimum Gasteiger partial charge on any atom is -0.506 e. The average Bonchev–Trinajstić information content (AvgIpc) is 2.27. The van der Waals surface area contributed by atoms with Gasteiger partial charge in [0.25, 0.3) is 0 Å². The monoisotopic (exact) mass is 253 g/mol. The Hall–Kier alpha value is -0.730. The van der Waals surface area contributed by atoms with Crippen molar-refractivity contribution in [2.24, 2.45) is 5.73 Å². The van der Waals surface area contributed by atoms with Gasteiger partial charge >= 0.3 is 0 Å².